The van der Waals surface area contributed by atoms with Gasteiger partial charge in [0, 0.05) is 20.3 Å². The molecule has 2 N–H and O–H groups in total. The molecule has 0 saturated heterocycles. The molecule has 0 spiro atoms. The van der Waals surface area contributed by atoms with Gasteiger partial charge in [0.25, 0.3) is 5.91 Å². The van der Waals surface area contributed by atoms with Gasteiger partial charge in [-0.2, -0.15) is 0 Å². The van der Waals surface area contributed by atoms with Crippen molar-refractivity contribution in [3.05, 3.63) is 11.9 Å². The Labute approximate surface area is 116 Å². The number of nitrogens with zero attached hydrogens (tertiary/aromatic N) is 3. The van der Waals surface area contributed by atoms with Crippen molar-refractivity contribution in [2.45, 2.75) is 25.8 Å². The molecule has 0 aliphatic heterocycles. The van der Waals surface area contributed by atoms with Crippen molar-refractivity contribution < 1.29 is 19.4 Å². The molecule has 20 heavy (non-hydrogen) atoms. The molecule has 0 bridgehead atoms. The quantitative estimate of drug-likeness (QED) is 0.690. The zero-order valence-corrected chi connectivity index (χ0v) is 11.3. The van der Waals surface area contributed by atoms with Crippen molar-refractivity contribution in [1.29, 1.82) is 0 Å². The van der Waals surface area contributed by atoms with Crippen molar-refractivity contribution in [1.82, 2.24) is 20.3 Å². The maximum absolute atomic E-state index is 11.9. The lowest BCUT2D eigenvalue weighted by atomic mass is 10.0. The van der Waals surface area contributed by atoms with Crippen LogP contribution in [-0.2, 0) is 16.1 Å². The van der Waals surface area contributed by atoms with Crippen LogP contribution in [0.1, 0.15) is 29.8 Å². The van der Waals surface area contributed by atoms with Crippen LogP contribution in [0.4, 0.5) is 0 Å². The van der Waals surface area contributed by atoms with E-state index < -0.39 is 5.97 Å². The maximum atomic E-state index is 11.9. The number of rotatable bonds is 8. The fourth-order valence-electron chi connectivity index (χ4n) is 1.99. The second kappa shape index (κ2) is 6.00. The molecule has 1 saturated carbocycles. The zero-order valence-electron chi connectivity index (χ0n) is 11.3. The van der Waals surface area contributed by atoms with E-state index in [0.29, 0.717) is 13.2 Å². The third kappa shape index (κ3) is 3.77. The first-order valence-electron chi connectivity index (χ1n) is 6.44. The number of ether oxygens (including phenoxy) is 1. The van der Waals surface area contributed by atoms with Crippen molar-refractivity contribution in [3.63, 3.8) is 0 Å². The van der Waals surface area contributed by atoms with Crippen LogP contribution in [0.5, 0.6) is 0 Å². The first kappa shape index (κ1) is 14.4. The van der Waals surface area contributed by atoms with E-state index in [-0.39, 0.29) is 23.6 Å². The molecular weight excluding hydrogens is 264 g/mol. The smallest absolute Gasteiger partial charge is 0.325 e. The predicted octanol–water partition coefficient (Wildman–Crippen LogP) is -0.0908. The number of aliphatic carboxylic acids is 1. The highest BCUT2D eigenvalue weighted by molar-refractivity contribution is 5.91. The van der Waals surface area contributed by atoms with Crippen LogP contribution < -0.4 is 5.32 Å². The number of nitrogens with one attached hydrogen (secondary N) is 1. The zero-order chi connectivity index (χ0) is 14.6. The van der Waals surface area contributed by atoms with Crippen molar-refractivity contribution in [2.75, 3.05) is 20.3 Å². The van der Waals surface area contributed by atoms with Crippen molar-refractivity contribution in [3.8, 4) is 0 Å². The average molecular weight is 282 g/mol. The summed E-state index contributed by atoms with van der Waals surface area (Å²) in [4.78, 5) is 22.4. The van der Waals surface area contributed by atoms with Gasteiger partial charge in [0.1, 0.15) is 6.54 Å². The van der Waals surface area contributed by atoms with Gasteiger partial charge in [-0.15, -0.1) is 5.10 Å². The highest BCUT2D eigenvalue weighted by Crippen LogP contribution is 2.48. The standard InChI is InChI=1S/C12H18N4O4/c1-20-5-4-12(2-3-12)8-13-11(19)9-6-16(15-14-9)7-10(17)18/h6H,2-5,7-8H2,1H3,(H,13,19)(H,17,18). The largest absolute Gasteiger partial charge is 0.480 e. The second-order valence-corrected chi connectivity index (χ2v) is 5.12. The molecule has 110 valence electrons. The number of aromatic nitrogens is 3. The Balaban J connectivity index is 1.83. The van der Waals surface area contributed by atoms with Gasteiger partial charge >= 0.3 is 5.97 Å². The third-order valence-electron chi connectivity index (χ3n) is 3.49. The van der Waals surface area contributed by atoms with E-state index in [2.05, 4.69) is 15.6 Å². The molecule has 1 aromatic heterocycles. The SMILES string of the molecule is COCCC1(CNC(=O)c2cn(CC(=O)O)nn2)CC1. The molecule has 1 aromatic rings. The van der Waals surface area contributed by atoms with Crippen molar-refractivity contribution in [2.24, 2.45) is 5.41 Å². The molecule has 1 amide bonds. The van der Waals surface area contributed by atoms with E-state index in [9.17, 15) is 9.59 Å². The van der Waals surface area contributed by atoms with Crippen LogP contribution in [0.3, 0.4) is 0 Å². The van der Waals surface area contributed by atoms with Crippen LogP contribution in [0, 0.1) is 5.41 Å². The van der Waals surface area contributed by atoms with E-state index >= 15 is 0 Å². The molecule has 1 aliphatic carbocycles. The number of carbonyl (C=O) groups excluding carboxylic acids is 1. The first-order chi connectivity index (χ1) is 9.54. The molecule has 0 radical (unpaired) electrons. The van der Waals surface area contributed by atoms with E-state index in [1.807, 2.05) is 0 Å². The number of carboxylic acid groups (broad SMARTS) is 1. The van der Waals surface area contributed by atoms with E-state index in [1.54, 1.807) is 7.11 Å². The molecule has 8 heteroatoms. The van der Waals surface area contributed by atoms with Gasteiger partial charge in [0.05, 0.1) is 6.20 Å². The Morgan fingerprint density at radius 3 is 2.90 bits per heavy atom. The topological polar surface area (TPSA) is 106 Å². The van der Waals surface area contributed by atoms with Crippen LogP contribution in [-0.4, -0.2) is 52.2 Å². The minimum atomic E-state index is -1.03. The number of carbonyl (C=O) groups is 2. The van der Waals surface area contributed by atoms with Crippen molar-refractivity contribution >= 4 is 11.9 Å². The van der Waals surface area contributed by atoms with Gasteiger partial charge in [0.15, 0.2) is 5.69 Å². The van der Waals surface area contributed by atoms with Gasteiger partial charge in [-0.25, -0.2) is 4.68 Å². The predicted molar refractivity (Wildman–Crippen MR) is 68.2 cm³/mol. The summed E-state index contributed by atoms with van der Waals surface area (Å²) in [6, 6.07) is 0. The monoisotopic (exact) mass is 282 g/mol. The number of hydrogen-bond acceptors (Lipinski definition) is 5. The summed E-state index contributed by atoms with van der Waals surface area (Å²) in [5.41, 5.74) is 0.289. The summed E-state index contributed by atoms with van der Waals surface area (Å²) in [7, 11) is 1.66. The lowest BCUT2D eigenvalue weighted by Crippen LogP contribution is -2.31. The minimum absolute atomic E-state index is 0.133. The number of amides is 1. The number of hydrogen-bond donors (Lipinski definition) is 2. The van der Waals surface area contributed by atoms with Gasteiger partial charge in [0.2, 0.25) is 0 Å². The summed E-state index contributed by atoms with van der Waals surface area (Å²) in [6.45, 7) is 0.962. The molecule has 0 aromatic carbocycles. The fraction of sp³-hybridized carbons (Fsp3) is 0.667. The Morgan fingerprint density at radius 1 is 1.55 bits per heavy atom. The highest BCUT2D eigenvalue weighted by atomic mass is 16.5. The summed E-state index contributed by atoms with van der Waals surface area (Å²) in [6.07, 6.45) is 4.43. The van der Waals surface area contributed by atoms with E-state index in [1.165, 1.54) is 6.20 Å². The maximum Gasteiger partial charge on any atom is 0.325 e. The van der Waals surface area contributed by atoms with Crippen LogP contribution in [0.15, 0.2) is 6.20 Å². The first-order valence-corrected chi connectivity index (χ1v) is 6.44. The number of carboxylic acids is 1. The molecule has 1 aliphatic rings. The molecule has 0 atom stereocenters. The molecule has 1 fully saturated rings. The average Bonchev–Trinajstić information content (AvgIpc) is 3.04. The Morgan fingerprint density at radius 2 is 2.30 bits per heavy atom. The summed E-state index contributed by atoms with van der Waals surface area (Å²) < 4.78 is 6.18. The Hall–Kier alpha value is -1.96. The van der Waals surface area contributed by atoms with Gasteiger partial charge in [-0.3, -0.25) is 9.59 Å². The van der Waals surface area contributed by atoms with Gasteiger partial charge in [-0.1, -0.05) is 5.21 Å². The molecule has 8 nitrogen and oxygen atoms in total. The van der Waals surface area contributed by atoms with Gasteiger partial charge < -0.3 is 15.2 Å². The second-order valence-electron chi connectivity index (χ2n) is 5.12. The number of methoxy groups -OCH3 is 1. The van der Waals surface area contributed by atoms with Crippen LogP contribution in [0.25, 0.3) is 0 Å². The fourth-order valence-corrected chi connectivity index (χ4v) is 1.99. The third-order valence-corrected chi connectivity index (χ3v) is 3.49. The lowest BCUT2D eigenvalue weighted by molar-refractivity contribution is -0.137. The Bertz CT molecular complexity index is 495. The Kier molecular flexibility index (Phi) is 4.33. The summed E-state index contributed by atoms with van der Waals surface area (Å²) in [5.74, 6) is -1.36. The molecular formula is C12H18N4O4. The normalized spacial score (nSPS) is 15.8. The van der Waals surface area contributed by atoms with Gasteiger partial charge in [-0.05, 0) is 24.7 Å². The van der Waals surface area contributed by atoms with E-state index in [4.69, 9.17) is 9.84 Å². The van der Waals surface area contributed by atoms with E-state index in [0.717, 1.165) is 23.9 Å². The van der Waals surface area contributed by atoms with Crippen LogP contribution in [0.2, 0.25) is 0 Å². The molecule has 2 rings (SSSR count). The minimum Gasteiger partial charge on any atom is -0.480 e. The van der Waals surface area contributed by atoms with Crippen LogP contribution >= 0.6 is 0 Å². The molecule has 0 unspecified atom stereocenters. The lowest BCUT2D eigenvalue weighted by Gasteiger charge is -2.14. The summed E-state index contributed by atoms with van der Waals surface area (Å²) in [5, 5.41) is 18.7. The molecule has 1 heterocycles. The summed E-state index contributed by atoms with van der Waals surface area (Å²) >= 11 is 0. The highest BCUT2D eigenvalue weighted by Gasteiger charge is 2.42.